The molecule has 0 bridgehead atoms. The van der Waals surface area contributed by atoms with E-state index in [0.717, 1.165) is 10.8 Å². The minimum Gasteiger partial charge on any atom is -0.465 e. The summed E-state index contributed by atoms with van der Waals surface area (Å²) in [6.07, 6.45) is 2.47. The Bertz CT molecular complexity index is 695. The molecule has 0 saturated carbocycles. The molecule has 0 aliphatic carbocycles. The molecule has 1 fully saturated rings. The second kappa shape index (κ2) is 5.33. The lowest BCUT2D eigenvalue weighted by Crippen LogP contribution is -2.53. The highest BCUT2D eigenvalue weighted by atomic mass is 35.5. The number of nitrogens with zero attached hydrogens (tertiary/aromatic N) is 5. The fourth-order valence-electron chi connectivity index (χ4n) is 2.61. The number of halogens is 1. The molecule has 110 valence electrons. The molecule has 3 heterocycles. The zero-order valence-electron chi connectivity index (χ0n) is 11.4. The Hall–Kier alpha value is -2.15. The monoisotopic (exact) mass is 307 g/mol. The van der Waals surface area contributed by atoms with Gasteiger partial charge in [0.25, 0.3) is 0 Å². The molecule has 7 nitrogen and oxygen atoms in total. The van der Waals surface area contributed by atoms with Gasteiger partial charge in [0.15, 0.2) is 11.0 Å². The smallest absolute Gasteiger partial charge is 0.407 e. The topological polar surface area (TPSA) is 82.5 Å². The van der Waals surface area contributed by atoms with Crippen molar-refractivity contribution in [2.45, 2.75) is 13.0 Å². The molecule has 1 unspecified atom stereocenters. The number of aromatic nitrogens is 3. The van der Waals surface area contributed by atoms with Gasteiger partial charge in [0, 0.05) is 48.8 Å². The maximum atomic E-state index is 11.1. The summed E-state index contributed by atoms with van der Waals surface area (Å²) in [6, 6.07) is 1.81. The number of pyridine rings is 1. The van der Waals surface area contributed by atoms with Crippen molar-refractivity contribution in [3.8, 4) is 0 Å². The first kappa shape index (κ1) is 13.8. The first-order valence-electron chi connectivity index (χ1n) is 6.58. The summed E-state index contributed by atoms with van der Waals surface area (Å²) >= 11 is 6.06. The van der Waals surface area contributed by atoms with Gasteiger partial charge >= 0.3 is 6.09 Å². The van der Waals surface area contributed by atoms with Gasteiger partial charge in [-0.15, -0.1) is 10.2 Å². The van der Waals surface area contributed by atoms with Crippen LogP contribution < -0.4 is 4.90 Å². The maximum absolute atomic E-state index is 11.1. The number of amides is 1. The van der Waals surface area contributed by atoms with Crippen LogP contribution in [0.3, 0.4) is 0 Å². The number of hydrogen-bond donors (Lipinski definition) is 1. The lowest BCUT2D eigenvalue weighted by molar-refractivity contribution is 0.136. The highest BCUT2D eigenvalue weighted by molar-refractivity contribution is 6.34. The Morgan fingerprint density at radius 2 is 2.19 bits per heavy atom. The molecule has 1 atom stereocenters. The van der Waals surface area contributed by atoms with Crippen molar-refractivity contribution in [3.05, 3.63) is 23.6 Å². The Morgan fingerprint density at radius 1 is 1.38 bits per heavy atom. The highest BCUT2D eigenvalue weighted by Crippen LogP contribution is 2.29. The molecule has 1 amide bonds. The molecule has 1 saturated heterocycles. The molecule has 0 spiro atoms. The van der Waals surface area contributed by atoms with Gasteiger partial charge in [-0.25, -0.2) is 4.79 Å². The van der Waals surface area contributed by atoms with Crippen molar-refractivity contribution in [1.29, 1.82) is 0 Å². The first-order chi connectivity index (χ1) is 10.1. The second-order valence-corrected chi connectivity index (χ2v) is 5.36. The van der Waals surface area contributed by atoms with Crippen LogP contribution >= 0.6 is 11.6 Å². The lowest BCUT2D eigenvalue weighted by Gasteiger charge is -2.39. The molecule has 2 aromatic rings. The number of hydrogen-bond acceptors (Lipinski definition) is 5. The van der Waals surface area contributed by atoms with Crippen LogP contribution in [0.15, 0.2) is 18.5 Å². The van der Waals surface area contributed by atoms with E-state index in [-0.39, 0.29) is 6.04 Å². The standard InChI is InChI=1S/C13H14ClN5O2/c1-8-7-18(13(20)21)4-5-19(8)12-10-6-15-3-2-9(10)11(14)16-17-12/h2-3,6,8H,4-5,7H2,1H3,(H,20,21). The van der Waals surface area contributed by atoms with Crippen molar-refractivity contribution >= 4 is 34.3 Å². The summed E-state index contributed by atoms with van der Waals surface area (Å²) in [5.74, 6) is 0.694. The number of carbonyl (C=O) groups is 1. The van der Waals surface area contributed by atoms with Crippen LogP contribution in [-0.4, -0.2) is 57.0 Å². The Balaban J connectivity index is 1.98. The fourth-order valence-corrected chi connectivity index (χ4v) is 2.81. The van der Waals surface area contributed by atoms with Gasteiger partial charge in [-0.3, -0.25) is 4.98 Å². The highest BCUT2D eigenvalue weighted by Gasteiger charge is 2.28. The third-order valence-electron chi connectivity index (χ3n) is 3.69. The summed E-state index contributed by atoms with van der Waals surface area (Å²) in [7, 11) is 0. The predicted molar refractivity (Wildman–Crippen MR) is 78.7 cm³/mol. The summed E-state index contributed by atoms with van der Waals surface area (Å²) in [5.41, 5.74) is 0. The van der Waals surface area contributed by atoms with Gasteiger partial charge < -0.3 is 14.9 Å². The molecule has 3 rings (SSSR count). The Labute approximate surface area is 126 Å². The van der Waals surface area contributed by atoms with Gasteiger partial charge in [-0.05, 0) is 13.0 Å². The summed E-state index contributed by atoms with van der Waals surface area (Å²) in [6.45, 7) is 3.40. The molecule has 1 N–H and O–H groups in total. The quantitative estimate of drug-likeness (QED) is 0.866. The van der Waals surface area contributed by atoms with E-state index in [2.05, 4.69) is 15.2 Å². The van der Waals surface area contributed by atoms with Crippen molar-refractivity contribution in [3.63, 3.8) is 0 Å². The van der Waals surface area contributed by atoms with Gasteiger partial charge in [-0.2, -0.15) is 0 Å². The van der Waals surface area contributed by atoms with Crippen LogP contribution in [0.4, 0.5) is 10.6 Å². The van der Waals surface area contributed by atoms with E-state index in [4.69, 9.17) is 16.7 Å². The average molecular weight is 308 g/mol. The molecule has 0 aromatic carbocycles. The van der Waals surface area contributed by atoms with E-state index in [9.17, 15) is 4.79 Å². The molecular formula is C13H14ClN5O2. The summed E-state index contributed by atoms with van der Waals surface area (Å²) in [5, 5.41) is 19.2. The maximum Gasteiger partial charge on any atom is 0.407 e. The normalized spacial score (nSPS) is 19.0. The van der Waals surface area contributed by atoms with E-state index in [1.165, 1.54) is 4.90 Å². The van der Waals surface area contributed by atoms with Gasteiger partial charge in [0.1, 0.15) is 0 Å². The van der Waals surface area contributed by atoms with E-state index in [0.29, 0.717) is 30.6 Å². The van der Waals surface area contributed by atoms with Crippen molar-refractivity contribution in [2.24, 2.45) is 0 Å². The SMILES string of the molecule is CC1CN(C(=O)O)CCN1c1nnc(Cl)c2ccncc12. The summed E-state index contributed by atoms with van der Waals surface area (Å²) in [4.78, 5) is 18.6. The average Bonchev–Trinajstić information content (AvgIpc) is 2.48. The lowest BCUT2D eigenvalue weighted by atomic mass is 10.1. The molecule has 2 aromatic heterocycles. The minimum atomic E-state index is -0.893. The van der Waals surface area contributed by atoms with Crippen molar-refractivity contribution < 1.29 is 9.90 Å². The number of rotatable bonds is 1. The molecule has 0 radical (unpaired) electrons. The third kappa shape index (κ3) is 2.44. The van der Waals surface area contributed by atoms with E-state index in [1.54, 1.807) is 18.5 Å². The van der Waals surface area contributed by atoms with Crippen LogP contribution in [0.2, 0.25) is 5.15 Å². The van der Waals surface area contributed by atoms with E-state index in [1.807, 2.05) is 11.8 Å². The van der Waals surface area contributed by atoms with Gasteiger partial charge in [-0.1, -0.05) is 11.6 Å². The number of piperazine rings is 1. The Morgan fingerprint density at radius 3 is 2.90 bits per heavy atom. The van der Waals surface area contributed by atoms with Crippen LogP contribution in [0.1, 0.15) is 6.92 Å². The third-order valence-corrected chi connectivity index (χ3v) is 3.97. The minimum absolute atomic E-state index is 0.00808. The van der Waals surface area contributed by atoms with Crippen LogP contribution in [0, 0.1) is 0 Å². The van der Waals surface area contributed by atoms with Crippen LogP contribution in [0.5, 0.6) is 0 Å². The number of carboxylic acid groups (broad SMARTS) is 1. The number of fused-ring (bicyclic) bond motifs is 1. The Kier molecular flexibility index (Phi) is 3.50. The van der Waals surface area contributed by atoms with E-state index < -0.39 is 6.09 Å². The zero-order chi connectivity index (χ0) is 15.0. The predicted octanol–water partition coefficient (Wildman–Crippen LogP) is 1.87. The molecule has 8 heteroatoms. The molecule has 1 aliphatic heterocycles. The van der Waals surface area contributed by atoms with Crippen molar-refractivity contribution in [2.75, 3.05) is 24.5 Å². The zero-order valence-corrected chi connectivity index (χ0v) is 12.2. The fraction of sp³-hybridized carbons (Fsp3) is 0.385. The van der Waals surface area contributed by atoms with Gasteiger partial charge in [0.05, 0.1) is 0 Å². The number of anilines is 1. The first-order valence-corrected chi connectivity index (χ1v) is 6.96. The van der Waals surface area contributed by atoms with Crippen LogP contribution in [0.25, 0.3) is 10.8 Å². The van der Waals surface area contributed by atoms with Gasteiger partial charge in [0.2, 0.25) is 0 Å². The van der Waals surface area contributed by atoms with Crippen molar-refractivity contribution in [1.82, 2.24) is 20.1 Å². The molecule has 1 aliphatic rings. The van der Waals surface area contributed by atoms with E-state index >= 15 is 0 Å². The second-order valence-electron chi connectivity index (χ2n) is 5.01. The molecule has 21 heavy (non-hydrogen) atoms. The largest absolute Gasteiger partial charge is 0.465 e. The summed E-state index contributed by atoms with van der Waals surface area (Å²) < 4.78 is 0. The van der Waals surface area contributed by atoms with Crippen LogP contribution in [-0.2, 0) is 0 Å². The molecular weight excluding hydrogens is 294 g/mol.